The Bertz CT molecular complexity index is 982. The van der Waals surface area contributed by atoms with Gasteiger partial charge in [0.05, 0.1) is 9.79 Å². The Morgan fingerprint density at radius 3 is 1.39 bits per heavy atom. The number of hydrogen-bond donors (Lipinski definition) is 0. The van der Waals surface area contributed by atoms with Crippen LogP contribution < -0.4 is 8.85 Å². The smallest absolute Gasteiger partial charge is 0.242 e. The van der Waals surface area contributed by atoms with Crippen molar-refractivity contribution in [3.8, 4) is 11.5 Å². The van der Waals surface area contributed by atoms with Crippen LogP contribution >= 0.6 is 0 Å². The zero-order valence-corrected chi connectivity index (χ0v) is 22.3. The number of rotatable bonds is 10. The molecule has 0 fully saturated rings. The molecule has 0 aromatic heterocycles. The minimum atomic E-state index is -3.70. The first kappa shape index (κ1) is 25.2. The Hall–Kier alpha value is -2.10. The van der Waals surface area contributed by atoms with Gasteiger partial charge in [0.1, 0.15) is 11.5 Å². The van der Waals surface area contributed by atoms with Crippen LogP contribution in [0.3, 0.4) is 0 Å². The number of sulfone groups is 1. The fourth-order valence-corrected chi connectivity index (χ4v) is 6.15. The maximum Gasteiger partial charge on any atom is 0.242 e. The maximum absolute atomic E-state index is 13.4. The van der Waals surface area contributed by atoms with Crippen molar-refractivity contribution in [1.29, 1.82) is 0 Å². The summed E-state index contributed by atoms with van der Waals surface area (Å²) in [7, 11) is -7.36. The van der Waals surface area contributed by atoms with Crippen molar-refractivity contribution in [3.05, 3.63) is 72.8 Å². The van der Waals surface area contributed by atoms with Crippen molar-refractivity contribution in [1.82, 2.24) is 0 Å². The van der Waals surface area contributed by atoms with E-state index in [-0.39, 0.29) is 9.79 Å². The topological polar surface area (TPSA) is 52.6 Å². The van der Waals surface area contributed by atoms with Gasteiger partial charge in [0, 0.05) is 0 Å². The Labute approximate surface area is 189 Å². The van der Waals surface area contributed by atoms with Crippen LogP contribution in [-0.4, -0.2) is 25.1 Å². The van der Waals surface area contributed by atoms with E-state index in [2.05, 4.69) is 52.4 Å². The molecule has 31 heavy (non-hydrogen) atoms. The summed E-state index contributed by atoms with van der Waals surface area (Å²) >= 11 is 0. The number of allylic oxidation sites excluding steroid dienone is 2. The van der Waals surface area contributed by atoms with Crippen molar-refractivity contribution in [2.45, 2.75) is 61.9 Å². The van der Waals surface area contributed by atoms with Crippen molar-refractivity contribution in [3.63, 3.8) is 0 Å². The highest BCUT2D eigenvalue weighted by atomic mass is 32.2. The van der Waals surface area contributed by atoms with Gasteiger partial charge in [0.25, 0.3) is 0 Å². The zero-order chi connectivity index (χ0) is 23.4. The first-order valence-electron chi connectivity index (χ1n) is 10.4. The summed E-state index contributed by atoms with van der Waals surface area (Å²) in [5.74, 6) is 1.45. The summed E-state index contributed by atoms with van der Waals surface area (Å²) < 4.78 is 39.1. The second-order valence-electron chi connectivity index (χ2n) is 9.46. The molecule has 0 aliphatic carbocycles. The summed E-state index contributed by atoms with van der Waals surface area (Å²) in [6.07, 6.45) is 4.59. The van der Waals surface area contributed by atoms with Gasteiger partial charge in [-0.2, -0.15) is 0 Å². The molecule has 2 aromatic carbocycles. The molecule has 0 amide bonds. The molecule has 0 heterocycles. The third-order valence-electron chi connectivity index (χ3n) is 4.25. The van der Waals surface area contributed by atoms with E-state index in [4.69, 9.17) is 8.85 Å². The van der Waals surface area contributed by atoms with Crippen LogP contribution in [0.1, 0.15) is 11.1 Å². The van der Waals surface area contributed by atoms with E-state index in [0.29, 0.717) is 12.8 Å². The second kappa shape index (κ2) is 9.59. The molecule has 4 nitrogen and oxygen atoms in total. The molecule has 7 heteroatoms. The average molecular weight is 475 g/mol. The van der Waals surface area contributed by atoms with Gasteiger partial charge in [-0.05, 0) is 99.6 Å². The van der Waals surface area contributed by atoms with Crippen LogP contribution in [0.5, 0.6) is 11.5 Å². The molecule has 0 aliphatic heterocycles. The highest BCUT2D eigenvalue weighted by molar-refractivity contribution is 7.91. The van der Waals surface area contributed by atoms with Crippen molar-refractivity contribution in [2.24, 2.45) is 0 Å². The highest BCUT2D eigenvalue weighted by Gasteiger charge is 2.24. The van der Waals surface area contributed by atoms with Crippen molar-refractivity contribution >= 4 is 26.5 Å². The quantitative estimate of drug-likeness (QED) is 0.295. The number of hydrogen-bond acceptors (Lipinski definition) is 4. The molecule has 0 saturated carbocycles. The second-order valence-corrected chi connectivity index (χ2v) is 20.3. The van der Waals surface area contributed by atoms with Gasteiger partial charge < -0.3 is 8.85 Å². The lowest BCUT2D eigenvalue weighted by Gasteiger charge is -2.22. The molecule has 2 aromatic rings. The molecule has 168 valence electrons. The van der Waals surface area contributed by atoms with E-state index >= 15 is 0 Å². The van der Waals surface area contributed by atoms with Crippen LogP contribution in [-0.2, 0) is 22.7 Å². The van der Waals surface area contributed by atoms with Gasteiger partial charge >= 0.3 is 0 Å². The minimum absolute atomic E-state index is 0.246. The molecule has 0 atom stereocenters. The third-order valence-corrected chi connectivity index (χ3v) is 7.66. The third kappa shape index (κ3) is 6.95. The lowest BCUT2D eigenvalue weighted by atomic mass is 10.1. The van der Waals surface area contributed by atoms with Crippen LogP contribution in [0.15, 0.2) is 71.5 Å². The van der Waals surface area contributed by atoms with Gasteiger partial charge in [-0.15, -0.1) is 13.2 Å². The van der Waals surface area contributed by atoms with Gasteiger partial charge in [-0.3, -0.25) is 0 Å². The SMILES string of the molecule is C=CCc1cc(S(=O)(=O)c2ccc(O[Si](C)(C)C)c(CC=C)c2)ccc1O[Si](C)(C)C. The predicted molar refractivity (Wildman–Crippen MR) is 134 cm³/mol. The van der Waals surface area contributed by atoms with Crippen LogP contribution in [0.25, 0.3) is 0 Å². The lowest BCUT2D eigenvalue weighted by Crippen LogP contribution is -2.29. The van der Waals surface area contributed by atoms with Gasteiger partial charge in [-0.1, -0.05) is 12.2 Å². The van der Waals surface area contributed by atoms with Crippen LogP contribution in [0.2, 0.25) is 39.3 Å². The molecule has 0 bridgehead atoms. The largest absolute Gasteiger partial charge is 0.544 e. The molecule has 0 unspecified atom stereocenters. The van der Waals surface area contributed by atoms with E-state index in [1.54, 1.807) is 48.6 Å². The summed E-state index contributed by atoms with van der Waals surface area (Å²) in [4.78, 5) is 0.492. The number of benzene rings is 2. The zero-order valence-electron chi connectivity index (χ0n) is 19.5. The van der Waals surface area contributed by atoms with E-state index in [9.17, 15) is 8.42 Å². The first-order chi connectivity index (χ1) is 14.3. The molecule has 0 aliphatic rings. The molecule has 2 rings (SSSR count). The first-order valence-corrected chi connectivity index (χ1v) is 18.7. The van der Waals surface area contributed by atoms with E-state index in [0.717, 1.165) is 22.6 Å². The van der Waals surface area contributed by atoms with E-state index in [1.807, 2.05) is 0 Å². The van der Waals surface area contributed by atoms with E-state index < -0.39 is 26.5 Å². The monoisotopic (exact) mass is 474 g/mol. The molecule has 0 N–H and O–H groups in total. The van der Waals surface area contributed by atoms with Crippen LogP contribution in [0.4, 0.5) is 0 Å². The minimum Gasteiger partial charge on any atom is -0.544 e. The Balaban J connectivity index is 2.53. The fourth-order valence-electron chi connectivity index (χ4n) is 3.07. The van der Waals surface area contributed by atoms with Crippen molar-refractivity contribution < 1.29 is 17.3 Å². The van der Waals surface area contributed by atoms with Crippen LogP contribution in [0, 0.1) is 0 Å². The Morgan fingerprint density at radius 2 is 1.10 bits per heavy atom. The Kier molecular flexibility index (Phi) is 7.78. The summed E-state index contributed by atoms with van der Waals surface area (Å²) in [5, 5.41) is 0. The molecular weight excluding hydrogens is 440 g/mol. The normalized spacial score (nSPS) is 12.3. The van der Waals surface area contributed by atoms with Gasteiger partial charge in [0.15, 0.2) is 0 Å². The molecular formula is C24H34O4SSi2. The summed E-state index contributed by atoms with van der Waals surface area (Å²) in [6.45, 7) is 20.2. The summed E-state index contributed by atoms with van der Waals surface area (Å²) in [5.41, 5.74) is 1.65. The maximum atomic E-state index is 13.4. The molecule has 0 radical (unpaired) electrons. The molecule has 0 spiro atoms. The van der Waals surface area contributed by atoms with Gasteiger partial charge in [0.2, 0.25) is 26.5 Å². The highest BCUT2D eigenvalue weighted by Crippen LogP contribution is 2.32. The predicted octanol–water partition coefficient (Wildman–Crippen LogP) is 6.40. The average Bonchev–Trinajstić information content (AvgIpc) is 2.62. The lowest BCUT2D eigenvalue weighted by molar-refractivity contribution is 0.550. The Morgan fingerprint density at radius 1 is 0.742 bits per heavy atom. The van der Waals surface area contributed by atoms with Gasteiger partial charge in [-0.25, -0.2) is 8.42 Å². The standard InChI is InChI=1S/C24H34O4SSi2/c1-9-11-19-17-21(13-15-23(19)27-30(3,4)5)29(25,26)22-14-16-24(28-31(6,7)8)20(18-22)12-10-2/h9-10,13-18H,1-2,11-12H2,3-8H3. The summed E-state index contributed by atoms with van der Waals surface area (Å²) in [6, 6.07) is 10.2. The molecule has 0 saturated heterocycles. The fraction of sp³-hybridized carbons (Fsp3) is 0.333. The van der Waals surface area contributed by atoms with Crippen molar-refractivity contribution in [2.75, 3.05) is 0 Å². The van der Waals surface area contributed by atoms with E-state index in [1.165, 1.54) is 0 Å².